The number of hydrogen-bond acceptors (Lipinski definition) is 6. The smallest absolute Gasteiger partial charge is 0.203 e. The van der Waals surface area contributed by atoms with E-state index in [0.29, 0.717) is 23.8 Å². The summed E-state index contributed by atoms with van der Waals surface area (Å²) < 4.78 is 16.4. The Balaban J connectivity index is 1.78. The maximum Gasteiger partial charge on any atom is 0.203 e. The molecule has 6 nitrogen and oxygen atoms in total. The summed E-state index contributed by atoms with van der Waals surface area (Å²) in [7, 11) is 4.89. The molecule has 2 N–H and O–H groups in total. The molecular formula is C21H29N3O3. The van der Waals surface area contributed by atoms with E-state index in [-0.39, 0.29) is 6.04 Å². The molecule has 3 rings (SSSR count). The minimum absolute atomic E-state index is 0.108. The Kier molecular flexibility index (Phi) is 6.42. The van der Waals surface area contributed by atoms with E-state index in [1.54, 1.807) is 21.3 Å². The van der Waals surface area contributed by atoms with Crippen LogP contribution in [-0.4, -0.2) is 59.0 Å². The molecule has 1 aliphatic heterocycles. The molecule has 1 unspecified atom stereocenters. The number of piperazine rings is 1. The molecule has 1 atom stereocenters. The molecule has 1 aliphatic rings. The predicted octanol–water partition coefficient (Wildman–Crippen LogP) is 2.53. The van der Waals surface area contributed by atoms with Crippen LogP contribution in [0, 0.1) is 0 Å². The molecule has 0 bridgehead atoms. The van der Waals surface area contributed by atoms with E-state index < -0.39 is 0 Å². The number of methoxy groups -OCH3 is 3. The summed E-state index contributed by atoms with van der Waals surface area (Å²) in [6.45, 7) is 4.39. The van der Waals surface area contributed by atoms with E-state index in [4.69, 9.17) is 19.9 Å². The van der Waals surface area contributed by atoms with E-state index in [1.807, 2.05) is 12.1 Å². The molecule has 1 saturated heterocycles. The van der Waals surface area contributed by atoms with Gasteiger partial charge in [0.05, 0.1) is 21.3 Å². The van der Waals surface area contributed by atoms with Gasteiger partial charge in [0, 0.05) is 44.5 Å². The van der Waals surface area contributed by atoms with Crippen LogP contribution >= 0.6 is 0 Å². The molecule has 2 aromatic carbocycles. The number of benzene rings is 2. The fourth-order valence-electron chi connectivity index (χ4n) is 3.72. The van der Waals surface area contributed by atoms with Crippen LogP contribution in [0.2, 0.25) is 0 Å². The third-order valence-corrected chi connectivity index (χ3v) is 5.17. The van der Waals surface area contributed by atoms with Gasteiger partial charge in [-0.15, -0.1) is 0 Å². The monoisotopic (exact) mass is 371 g/mol. The lowest BCUT2D eigenvalue weighted by Crippen LogP contribution is -2.49. The fraction of sp³-hybridized carbons (Fsp3) is 0.429. The zero-order valence-corrected chi connectivity index (χ0v) is 16.4. The Hall–Kier alpha value is -2.44. The van der Waals surface area contributed by atoms with Crippen LogP contribution in [0.1, 0.15) is 11.6 Å². The van der Waals surface area contributed by atoms with Crippen LogP contribution < -0.4 is 24.8 Å². The Morgan fingerprint density at radius 2 is 1.48 bits per heavy atom. The van der Waals surface area contributed by atoms with Crippen LogP contribution in [0.25, 0.3) is 0 Å². The van der Waals surface area contributed by atoms with Crippen molar-refractivity contribution in [1.29, 1.82) is 0 Å². The van der Waals surface area contributed by atoms with Gasteiger partial charge in [-0.05, 0) is 29.8 Å². The maximum absolute atomic E-state index is 6.17. The molecule has 1 heterocycles. The molecule has 146 valence electrons. The molecule has 0 spiro atoms. The van der Waals surface area contributed by atoms with Crippen LogP contribution in [0.15, 0.2) is 42.5 Å². The van der Waals surface area contributed by atoms with Gasteiger partial charge in [-0.3, -0.25) is 4.90 Å². The van der Waals surface area contributed by atoms with Crippen molar-refractivity contribution in [2.45, 2.75) is 6.04 Å². The summed E-state index contributed by atoms with van der Waals surface area (Å²) >= 11 is 0. The maximum atomic E-state index is 6.17. The number of nitrogens with zero attached hydrogens (tertiary/aromatic N) is 2. The van der Waals surface area contributed by atoms with Crippen LogP contribution in [0.3, 0.4) is 0 Å². The summed E-state index contributed by atoms with van der Waals surface area (Å²) in [6, 6.07) is 14.7. The first-order valence-electron chi connectivity index (χ1n) is 9.25. The highest BCUT2D eigenvalue weighted by Crippen LogP contribution is 2.40. The molecule has 0 saturated carbocycles. The highest BCUT2D eigenvalue weighted by atomic mass is 16.5. The minimum Gasteiger partial charge on any atom is -0.493 e. The number of para-hydroxylation sites is 1. The van der Waals surface area contributed by atoms with E-state index in [9.17, 15) is 0 Å². The Morgan fingerprint density at radius 1 is 0.889 bits per heavy atom. The summed E-state index contributed by atoms with van der Waals surface area (Å²) in [5.41, 5.74) is 8.52. The number of rotatable bonds is 7. The lowest BCUT2D eigenvalue weighted by atomic mass is 10.0. The van der Waals surface area contributed by atoms with E-state index in [1.165, 1.54) is 5.69 Å². The average molecular weight is 371 g/mol. The Morgan fingerprint density at radius 3 is 1.96 bits per heavy atom. The third-order valence-electron chi connectivity index (χ3n) is 5.17. The van der Waals surface area contributed by atoms with Crippen molar-refractivity contribution >= 4 is 5.69 Å². The van der Waals surface area contributed by atoms with Gasteiger partial charge in [-0.25, -0.2) is 0 Å². The number of ether oxygens (including phenoxy) is 3. The van der Waals surface area contributed by atoms with Crippen molar-refractivity contribution in [3.05, 3.63) is 48.0 Å². The number of hydrogen-bond donors (Lipinski definition) is 1. The largest absolute Gasteiger partial charge is 0.493 e. The Bertz CT molecular complexity index is 706. The quantitative estimate of drug-likeness (QED) is 0.807. The lowest BCUT2D eigenvalue weighted by molar-refractivity contribution is 0.189. The highest BCUT2D eigenvalue weighted by molar-refractivity contribution is 5.54. The van der Waals surface area contributed by atoms with Gasteiger partial charge in [0.25, 0.3) is 0 Å². The van der Waals surface area contributed by atoms with Crippen molar-refractivity contribution in [2.75, 3.05) is 59.0 Å². The number of nitrogens with two attached hydrogens (primary N) is 1. The van der Waals surface area contributed by atoms with Crippen molar-refractivity contribution in [3.8, 4) is 17.2 Å². The first kappa shape index (κ1) is 19.3. The molecule has 0 aromatic heterocycles. The zero-order valence-electron chi connectivity index (χ0n) is 16.4. The van der Waals surface area contributed by atoms with Gasteiger partial charge >= 0.3 is 0 Å². The van der Waals surface area contributed by atoms with Crippen LogP contribution in [0.4, 0.5) is 5.69 Å². The van der Waals surface area contributed by atoms with Gasteiger partial charge < -0.3 is 24.8 Å². The van der Waals surface area contributed by atoms with Crippen LogP contribution in [-0.2, 0) is 0 Å². The average Bonchev–Trinajstić information content (AvgIpc) is 2.74. The van der Waals surface area contributed by atoms with Crippen molar-refractivity contribution in [2.24, 2.45) is 5.73 Å². The second-order valence-electron chi connectivity index (χ2n) is 6.57. The molecule has 27 heavy (non-hydrogen) atoms. The van der Waals surface area contributed by atoms with Gasteiger partial charge in [-0.2, -0.15) is 0 Å². The Labute approximate surface area is 161 Å². The topological polar surface area (TPSA) is 60.2 Å². The third kappa shape index (κ3) is 4.12. The first-order chi connectivity index (χ1) is 13.2. The van der Waals surface area contributed by atoms with Crippen molar-refractivity contribution in [3.63, 3.8) is 0 Å². The molecule has 0 radical (unpaired) electrons. The summed E-state index contributed by atoms with van der Waals surface area (Å²) in [4.78, 5) is 4.85. The second kappa shape index (κ2) is 8.97. The summed E-state index contributed by atoms with van der Waals surface area (Å²) in [6.07, 6.45) is 0. The summed E-state index contributed by atoms with van der Waals surface area (Å²) in [5.74, 6) is 1.93. The molecule has 0 amide bonds. The zero-order chi connectivity index (χ0) is 19.2. The normalized spacial score (nSPS) is 16.1. The second-order valence-corrected chi connectivity index (χ2v) is 6.57. The van der Waals surface area contributed by atoms with Gasteiger partial charge in [0.1, 0.15) is 0 Å². The minimum atomic E-state index is 0.108. The molecule has 2 aromatic rings. The SMILES string of the molecule is COc1cc(C(CN)N2CCN(c3ccccc3)CC2)cc(OC)c1OC. The first-order valence-corrected chi connectivity index (χ1v) is 9.25. The van der Waals surface area contributed by atoms with E-state index in [0.717, 1.165) is 31.7 Å². The summed E-state index contributed by atoms with van der Waals surface area (Å²) in [5, 5.41) is 0. The van der Waals surface area contributed by atoms with E-state index >= 15 is 0 Å². The lowest BCUT2D eigenvalue weighted by Gasteiger charge is -2.40. The standard InChI is InChI=1S/C21H29N3O3/c1-25-19-13-16(14-20(26-2)21(19)27-3)18(15-22)24-11-9-23(10-12-24)17-7-5-4-6-8-17/h4-8,13-14,18H,9-12,15,22H2,1-3H3. The highest BCUT2D eigenvalue weighted by Gasteiger charge is 2.26. The molecular weight excluding hydrogens is 342 g/mol. The van der Waals surface area contributed by atoms with Crippen LogP contribution in [0.5, 0.6) is 17.2 Å². The van der Waals surface area contributed by atoms with Crippen molar-refractivity contribution in [1.82, 2.24) is 4.90 Å². The van der Waals surface area contributed by atoms with Crippen molar-refractivity contribution < 1.29 is 14.2 Å². The predicted molar refractivity (Wildman–Crippen MR) is 108 cm³/mol. The fourth-order valence-corrected chi connectivity index (χ4v) is 3.72. The van der Waals surface area contributed by atoms with E-state index in [2.05, 4.69) is 40.1 Å². The molecule has 0 aliphatic carbocycles. The molecule has 6 heteroatoms. The van der Waals surface area contributed by atoms with Gasteiger partial charge in [0.2, 0.25) is 5.75 Å². The van der Waals surface area contributed by atoms with Gasteiger partial charge in [0.15, 0.2) is 11.5 Å². The van der Waals surface area contributed by atoms with Gasteiger partial charge in [-0.1, -0.05) is 18.2 Å². The molecule has 1 fully saturated rings. The number of anilines is 1.